The molecule has 0 saturated heterocycles. The first kappa shape index (κ1) is 26.5. The van der Waals surface area contributed by atoms with Crippen LogP contribution in [0.15, 0.2) is 84.9 Å². The quantitative estimate of drug-likeness (QED) is 0.357. The van der Waals surface area contributed by atoms with Crippen LogP contribution in [-0.4, -0.2) is 34.6 Å². The molecule has 3 aromatic rings. The van der Waals surface area contributed by atoms with E-state index in [4.69, 9.17) is 0 Å². The molecule has 0 unspecified atom stereocenters. The molecular weight excluding hydrogens is 459 g/mol. The van der Waals surface area contributed by atoms with Gasteiger partial charge < -0.3 is 10.2 Å². The molecule has 0 aliphatic rings. The predicted octanol–water partition coefficient (Wildman–Crippen LogP) is 5.61. The molecule has 0 saturated carbocycles. The first-order valence-electron chi connectivity index (χ1n) is 12.0. The third-order valence-corrected chi connectivity index (χ3v) is 6.86. The van der Waals surface area contributed by atoms with Gasteiger partial charge in [0.1, 0.15) is 11.9 Å². The number of rotatable bonds is 12. The third-order valence-electron chi connectivity index (χ3n) is 5.88. The molecule has 0 spiro atoms. The van der Waals surface area contributed by atoms with Crippen LogP contribution in [0.5, 0.6) is 0 Å². The van der Waals surface area contributed by atoms with Gasteiger partial charge in [0.05, 0.1) is 5.75 Å². The first-order chi connectivity index (χ1) is 17.0. The number of hydrogen-bond acceptors (Lipinski definition) is 3. The van der Waals surface area contributed by atoms with Crippen LogP contribution in [-0.2, 0) is 28.3 Å². The van der Waals surface area contributed by atoms with Gasteiger partial charge in [0.2, 0.25) is 11.8 Å². The number of carbonyl (C=O) groups is 2. The van der Waals surface area contributed by atoms with Crippen molar-refractivity contribution in [2.75, 3.05) is 5.75 Å². The van der Waals surface area contributed by atoms with Gasteiger partial charge in [-0.05, 0) is 42.2 Å². The Labute approximate surface area is 211 Å². The van der Waals surface area contributed by atoms with E-state index in [1.54, 1.807) is 17.0 Å². The monoisotopic (exact) mass is 492 g/mol. The number of carbonyl (C=O) groups excluding carboxylic acids is 2. The smallest absolute Gasteiger partial charge is 0.243 e. The second-order valence-electron chi connectivity index (χ2n) is 8.65. The van der Waals surface area contributed by atoms with E-state index in [-0.39, 0.29) is 29.4 Å². The molecule has 2 amide bonds. The van der Waals surface area contributed by atoms with E-state index < -0.39 is 6.04 Å². The summed E-state index contributed by atoms with van der Waals surface area (Å²) in [5.41, 5.74) is 2.93. The zero-order valence-electron chi connectivity index (χ0n) is 20.3. The van der Waals surface area contributed by atoms with Gasteiger partial charge in [-0.15, -0.1) is 11.8 Å². The molecule has 0 radical (unpaired) electrons. The van der Waals surface area contributed by atoms with Gasteiger partial charge >= 0.3 is 0 Å². The summed E-state index contributed by atoms with van der Waals surface area (Å²) in [7, 11) is 0. The highest BCUT2D eigenvalue weighted by Crippen LogP contribution is 2.19. The molecule has 1 N–H and O–H groups in total. The van der Waals surface area contributed by atoms with Crippen molar-refractivity contribution in [3.8, 4) is 0 Å². The van der Waals surface area contributed by atoms with Crippen LogP contribution in [0.3, 0.4) is 0 Å². The molecule has 35 heavy (non-hydrogen) atoms. The van der Waals surface area contributed by atoms with Crippen LogP contribution in [0.1, 0.15) is 37.0 Å². The lowest BCUT2D eigenvalue weighted by atomic mass is 10.0. The van der Waals surface area contributed by atoms with Gasteiger partial charge in [0.25, 0.3) is 0 Å². The van der Waals surface area contributed by atoms with E-state index in [1.165, 1.54) is 23.9 Å². The van der Waals surface area contributed by atoms with Crippen LogP contribution in [0.25, 0.3) is 0 Å². The number of amides is 2. The fourth-order valence-corrected chi connectivity index (χ4v) is 4.57. The standard InChI is InChI=1S/C29H33FN2O2S/c1-3-22(2)31-29(34)27(18-23-10-6-4-7-11-23)32(19-24-12-8-5-9-13-24)28(33)21-35-20-25-14-16-26(30)17-15-25/h4-17,22,27H,3,18-21H2,1-2H3,(H,31,34)/t22-,27-/m1/s1. The van der Waals surface area contributed by atoms with Crippen molar-refractivity contribution >= 4 is 23.6 Å². The molecule has 0 aromatic heterocycles. The number of thioether (sulfide) groups is 1. The summed E-state index contributed by atoms with van der Waals surface area (Å²) in [5.74, 6) is 0.303. The molecule has 0 bridgehead atoms. The average Bonchev–Trinajstić information content (AvgIpc) is 2.88. The predicted molar refractivity (Wildman–Crippen MR) is 141 cm³/mol. The second kappa shape index (κ2) is 13.7. The summed E-state index contributed by atoms with van der Waals surface area (Å²) in [6.07, 6.45) is 1.24. The van der Waals surface area contributed by atoms with E-state index in [2.05, 4.69) is 5.32 Å². The first-order valence-corrected chi connectivity index (χ1v) is 13.1. The van der Waals surface area contributed by atoms with E-state index in [1.807, 2.05) is 74.5 Å². The second-order valence-corrected chi connectivity index (χ2v) is 9.64. The minimum absolute atomic E-state index is 0.0160. The number of nitrogens with zero attached hydrogens (tertiary/aromatic N) is 1. The number of hydrogen-bond donors (Lipinski definition) is 1. The Morgan fingerprint density at radius 2 is 1.49 bits per heavy atom. The van der Waals surface area contributed by atoms with Crippen molar-refractivity contribution in [2.45, 2.75) is 51.1 Å². The molecule has 0 heterocycles. The zero-order valence-corrected chi connectivity index (χ0v) is 21.1. The van der Waals surface area contributed by atoms with E-state index in [9.17, 15) is 14.0 Å². The van der Waals surface area contributed by atoms with Gasteiger partial charge in [0.15, 0.2) is 0 Å². The maximum atomic E-state index is 13.5. The minimum atomic E-state index is -0.634. The van der Waals surface area contributed by atoms with Crippen molar-refractivity contribution in [1.29, 1.82) is 0 Å². The third kappa shape index (κ3) is 8.55. The van der Waals surface area contributed by atoms with Crippen LogP contribution >= 0.6 is 11.8 Å². The Morgan fingerprint density at radius 3 is 2.09 bits per heavy atom. The highest BCUT2D eigenvalue weighted by atomic mass is 32.2. The Morgan fingerprint density at radius 1 is 0.886 bits per heavy atom. The summed E-state index contributed by atoms with van der Waals surface area (Å²) < 4.78 is 13.2. The Balaban J connectivity index is 1.82. The zero-order chi connectivity index (χ0) is 25.0. The molecule has 6 heteroatoms. The summed E-state index contributed by atoms with van der Waals surface area (Å²) in [5, 5.41) is 3.08. The average molecular weight is 493 g/mol. The fraction of sp³-hybridized carbons (Fsp3) is 0.310. The minimum Gasteiger partial charge on any atom is -0.352 e. The lowest BCUT2D eigenvalue weighted by Gasteiger charge is -2.32. The molecule has 4 nitrogen and oxygen atoms in total. The molecular formula is C29H33FN2O2S. The van der Waals surface area contributed by atoms with Crippen LogP contribution < -0.4 is 5.32 Å². The van der Waals surface area contributed by atoms with E-state index in [0.717, 1.165) is 23.1 Å². The molecule has 184 valence electrons. The number of nitrogens with one attached hydrogen (secondary N) is 1. The van der Waals surface area contributed by atoms with Crippen molar-refractivity contribution in [3.05, 3.63) is 107 Å². The largest absolute Gasteiger partial charge is 0.352 e. The van der Waals surface area contributed by atoms with E-state index in [0.29, 0.717) is 18.7 Å². The topological polar surface area (TPSA) is 49.4 Å². The number of halogens is 1. The van der Waals surface area contributed by atoms with Crippen molar-refractivity contribution < 1.29 is 14.0 Å². The van der Waals surface area contributed by atoms with Gasteiger partial charge in [-0.1, -0.05) is 79.7 Å². The molecule has 3 aromatic carbocycles. The SMILES string of the molecule is CC[C@@H](C)NC(=O)[C@@H](Cc1ccccc1)N(Cc1ccccc1)C(=O)CSCc1ccc(F)cc1. The lowest BCUT2D eigenvalue weighted by molar-refractivity contribution is -0.139. The van der Waals surface area contributed by atoms with Crippen LogP contribution in [0.2, 0.25) is 0 Å². The maximum Gasteiger partial charge on any atom is 0.243 e. The highest BCUT2D eigenvalue weighted by Gasteiger charge is 2.30. The van der Waals surface area contributed by atoms with Crippen molar-refractivity contribution in [2.24, 2.45) is 0 Å². The van der Waals surface area contributed by atoms with Crippen molar-refractivity contribution in [3.63, 3.8) is 0 Å². The fourth-order valence-electron chi connectivity index (χ4n) is 3.69. The highest BCUT2D eigenvalue weighted by molar-refractivity contribution is 7.99. The maximum absolute atomic E-state index is 13.5. The summed E-state index contributed by atoms with van der Waals surface area (Å²) in [6.45, 7) is 4.34. The normalized spacial score (nSPS) is 12.5. The van der Waals surface area contributed by atoms with Gasteiger partial charge in [-0.3, -0.25) is 9.59 Å². The van der Waals surface area contributed by atoms with Crippen molar-refractivity contribution in [1.82, 2.24) is 10.2 Å². The number of benzene rings is 3. The van der Waals surface area contributed by atoms with Crippen LogP contribution in [0, 0.1) is 5.82 Å². The van der Waals surface area contributed by atoms with Gasteiger partial charge in [-0.2, -0.15) is 0 Å². The Hall–Kier alpha value is -3.12. The van der Waals surface area contributed by atoms with Gasteiger partial charge in [-0.25, -0.2) is 4.39 Å². The molecule has 0 aliphatic carbocycles. The molecule has 0 aliphatic heterocycles. The van der Waals surface area contributed by atoms with E-state index >= 15 is 0 Å². The molecule has 2 atom stereocenters. The Kier molecular flexibility index (Phi) is 10.4. The Bertz CT molecular complexity index is 1060. The lowest BCUT2D eigenvalue weighted by Crippen LogP contribution is -2.52. The van der Waals surface area contributed by atoms with Crippen LogP contribution in [0.4, 0.5) is 4.39 Å². The van der Waals surface area contributed by atoms with Gasteiger partial charge in [0, 0.05) is 24.8 Å². The summed E-state index contributed by atoms with van der Waals surface area (Å²) in [6, 6.07) is 25.2. The molecule has 3 rings (SSSR count). The summed E-state index contributed by atoms with van der Waals surface area (Å²) >= 11 is 1.47. The summed E-state index contributed by atoms with van der Waals surface area (Å²) in [4.78, 5) is 28.7. The molecule has 0 fully saturated rings.